The van der Waals surface area contributed by atoms with Crippen LogP contribution in [0.15, 0.2) is 6.07 Å². The van der Waals surface area contributed by atoms with Gasteiger partial charge in [0.15, 0.2) is 17.4 Å². The Labute approximate surface area is 103 Å². The summed E-state index contributed by atoms with van der Waals surface area (Å²) in [6, 6.07) is -0.0816. The molecular weight excluding hydrogens is 283 g/mol. The van der Waals surface area contributed by atoms with Gasteiger partial charge in [-0.15, -0.1) is 0 Å². The fourth-order valence-corrected chi connectivity index (χ4v) is 1.16. The van der Waals surface area contributed by atoms with Crippen molar-refractivity contribution in [3.05, 3.63) is 29.3 Å². The predicted octanol–water partition coefficient (Wildman–Crippen LogP) is 2.76. The van der Waals surface area contributed by atoms with Crippen LogP contribution in [0.25, 0.3) is 0 Å². The van der Waals surface area contributed by atoms with Gasteiger partial charge in [0, 0.05) is 12.6 Å². The van der Waals surface area contributed by atoms with Gasteiger partial charge >= 0.3 is 6.18 Å². The highest BCUT2D eigenvalue weighted by Gasteiger charge is 2.39. The Morgan fingerprint density at radius 3 is 1.89 bits per heavy atom. The molecule has 1 atom stereocenters. The Kier molecular flexibility index (Phi) is 4.61. The minimum absolute atomic E-state index is 0.0816. The molecule has 0 radical (unpaired) electrons. The van der Waals surface area contributed by atoms with Gasteiger partial charge < -0.3 is 10.5 Å². The van der Waals surface area contributed by atoms with Gasteiger partial charge in [-0.2, -0.15) is 22.0 Å². The van der Waals surface area contributed by atoms with Crippen molar-refractivity contribution < 1.29 is 35.5 Å². The number of alkyl halides is 3. The zero-order valence-electron chi connectivity index (χ0n) is 9.20. The molecule has 0 heterocycles. The molecule has 0 aliphatic rings. The molecule has 0 aliphatic heterocycles. The molecular formula is C10H8F7NO. The second-order valence-electron chi connectivity index (χ2n) is 3.58. The highest BCUT2D eigenvalue weighted by Crippen LogP contribution is 2.30. The molecule has 0 aliphatic carbocycles. The molecule has 2 N–H and O–H groups in total. The SMILES string of the molecule is NCC(COc1c(F)c(F)cc(F)c1F)C(F)(F)F. The lowest BCUT2D eigenvalue weighted by Crippen LogP contribution is -2.35. The summed E-state index contributed by atoms with van der Waals surface area (Å²) in [5.74, 6) is -11.1. The van der Waals surface area contributed by atoms with E-state index in [0.29, 0.717) is 0 Å². The van der Waals surface area contributed by atoms with Crippen molar-refractivity contribution in [2.24, 2.45) is 11.7 Å². The zero-order valence-corrected chi connectivity index (χ0v) is 9.20. The number of rotatable bonds is 4. The smallest absolute Gasteiger partial charge is 0.396 e. The van der Waals surface area contributed by atoms with Crippen LogP contribution in [0.1, 0.15) is 0 Å². The summed E-state index contributed by atoms with van der Waals surface area (Å²) in [5.41, 5.74) is 4.82. The van der Waals surface area contributed by atoms with Crippen molar-refractivity contribution in [1.82, 2.24) is 0 Å². The maximum Gasteiger partial charge on any atom is 0.396 e. The third kappa shape index (κ3) is 3.49. The zero-order chi connectivity index (χ0) is 14.8. The standard InChI is InChI=1S/C10H8F7NO/c11-5-1-6(12)8(14)9(7(5)13)19-3-4(2-18)10(15,16)17/h1,4H,2-3,18H2. The number of nitrogens with two attached hydrogens (primary N) is 1. The van der Waals surface area contributed by atoms with E-state index in [1.165, 1.54) is 0 Å². The van der Waals surface area contributed by atoms with Crippen molar-refractivity contribution in [3.8, 4) is 5.75 Å². The largest absolute Gasteiger partial charge is 0.487 e. The molecule has 0 fully saturated rings. The number of hydrogen-bond acceptors (Lipinski definition) is 2. The normalized spacial score (nSPS) is 13.5. The quantitative estimate of drug-likeness (QED) is 0.684. The first-order chi connectivity index (χ1) is 8.68. The molecule has 0 saturated carbocycles. The van der Waals surface area contributed by atoms with E-state index in [-0.39, 0.29) is 6.07 Å². The molecule has 19 heavy (non-hydrogen) atoms. The summed E-state index contributed by atoms with van der Waals surface area (Å²) >= 11 is 0. The molecule has 1 aromatic carbocycles. The Balaban J connectivity index is 2.95. The van der Waals surface area contributed by atoms with Crippen LogP contribution >= 0.6 is 0 Å². The average molecular weight is 291 g/mol. The first-order valence-corrected chi connectivity index (χ1v) is 4.91. The molecule has 1 unspecified atom stereocenters. The van der Waals surface area contributed by atoms with E-state index >= 15 is 0 Å². The highest BCUT2D eigenvalue weighted by atomic mass is 19.4. The summed E-state index contributed by atoms with van der Waals surface area (Å²) in [5, 5.41) is 0. The molecule has 9 heteroatoms. The van der Waals surface area contributed by atoms with E-state index in [0.717, 1.165) is 0 Å². The number of hydrogen-bond donors (Lipinski definition) is 1. The first kappa shape index (κ1) is 15.5. The molecule has 0 spiro atoms. The lowest BCUT2D eigenvalue weighted by molar-refractivity contribution is -0.178. The van der Waals surface area contributed by atoms with E-state index in [2.05, 4.69) is 4.74 Å². The van der Waals surface area contributed by atoms with Crippen LogP contribution in [-0.2, 0) is 0 Å². The van der Waals surface area contributed by atoms with Gasteiger partial charge in [0.25, 0.3) is 0 Å². The molecule has 108 valence electrons. The van der Waals surface area contributed by atoms with Crippen molar-refractivity contribution in [2.75, 3.05) is 13.2 Å². The van der Waals surface area contributed by atoms with Crippen LogP contribution in [-0.4, -0.2) is 19.3 Å². The lowest BCUT2D eigenvalue weighted by atomic mass is 10.1. The molecule has 0 amide bonds. The predicted molar refractivity (Wildman–Crippen MR) is 50.4 cm³/mol. The van der Waals surface area contributed by atoms with Crippen molar-refractivity contribution in [1.29, 1.82) is 0 Å². The van der Waals surface area contributed by atoms with Crippen LogP contribution in [0.5, 0.6) is 5.75 Å². The number of halogens is 7. The molecule has 0 aromatic heterocycles. The molecule has 1 rings (SSSR count). The summed E-state index contributed by atoms with van der Waals surface area (Å²) in [6.07, 6.45) is -4.76. The minimum Gasteiger partial charge on any atom is -0.487 e. The fourth-order valence-electron chi connectivity index (χ4n) is 1.16. The Hall–Kier alpha value is -1.51. The van der Waals surface area contributed by atoms with Gasteiger partial charge in [-0.25, -0.2) is 8.78 Å². The molecule has 0 saturated heterocycles. The second-order valence-corrected chi connectivity index (χ2v) is 3.58. The monoisotopic (exact) mass is 291 g/mol. The molecule has 2 nitrogen and oxygen atoms in total. The van der Waals surface area contributed by atoms with Gasteiger partial charge in [0.1, 0.15) is 12.5 Å². The highest BCUT2D eigenvalue weighted by molar-refractivity contribution is 5.28. The van der Waals surface area contributed by atoms with Gasteiger partial charge in [-0.3, -0.25) is 0 Å². The fraction of sp³-hybridized carbons (Fsp3) is 0.400. The molecule has 1 aromatic rings. The van der Waals surface area contributed by atoms with Gasteiger partial charge in [-0.05, 0) is 0 Å². The topological polar surface area (TPSA) is 35.2 Å². The number of benzene rings is 1. The average Bonchev–Trinajstić information content (AvgIpc) is 2.29. The van der Waals surface area contributed by atoms with E-state index in [1.807, 2.05) is 0 Å². The Morgan fingerprint density at radius 1 is 1.05 bits per heavy atom. The Bertz CT molecular complexity index is 434. The van der Waals surface area contributed by atoms with E-state index in [4.69, 9.17) is 5.73 Å². The van der Waals surface area contributed by atoms with Gasteiger partial charge in [0.05, 0.1) is 0 Å². The van der Waals surface area contributed by atoms with Crippen molar-refractivity contribution in [2.45, 2.75) is 6.18 Å². The summed E-state index contributed by atoms with van der Waals surface area (Å²) in [7, 11) is 0. The summed E-state index contributed by atoms with van der Waals surface area (Å²) in [4.78, 5) is 0. The van der Waals surface area contributed by atoms with Gasteiger partial charge in [0.2, 0.25) is 11.6 Å². The minimum atomic E-state index is -4.76. The number of ether oxygens (including phenoxy) is 1. The lowest BCUT2D eigenvalue weighted by Gasteiger charge is -2.19. The Morgan fingerprint density at radius 2 is 1.53 bits per heavy atom. The second kappa shape index (κ2) is 5.64. The van der Waals surface area contributed by atoms with E-state index in [1.54, 1.807) is 0 Å². The third-order valence-corrected chi connectivity index (χ3v) is 2.25. The van der Waals surface area contributed by atoms with Crippen LogP contribution in [0, 0.1) is 29.2 Å². The van der Waals surface area contributed by atoms with Crippen LogP contribution in [0.3, 0.4) is 0 Å². The maximum atomic E-state index is 13.1. The van der Waals surface area contributed by atoms with Gasteiger partial charge in [-0.1, -0.05) is 0 Å². The van der Waals surface area contributed by atoms with E-state index < -0.39 is 54.3 Å². The van der Waals surface area contributed by atoms with Crippen molar-refractivity contribution in [3.63, 3.8) is 0 Å². The summed E-state index contributed by atoms with van der Waals surface area (Å²) < 4.78 is 92.7. The van der Waals surface area contributed by atoms with Crippen LogP contribution in [0.2, 0.25) is 0 Å². The third-order valence-electron chi connectivity index (χ3n) is 2.25. The maximum absolute atomic E-state index is 13.1. The summed E-state index contributed by atoms with van der Waals surface area (Å²) in [6.45, 7) is -2.15. The molecule has 0 bridgehead atoms. The van der Waals surface area contributed by atoms with Crippen LogP contribution in [0.4, 0.5) is 30.7 Å². The van der Waals surface area contributed by atoms with E-state index in [9.17, 15) is 30.7 Å². The van der Waals surface area contributed by atoms with Crippen LogP contribution < -0.4 is 10.5 Å². The first-order valence-electron chi connectivity index (χ1n) is 4.91. The van der Waals surface area contributed by atoms with Crippen molar-refractivity contribution >= 4 is 0 Å².